The van der Waals surface area contributed by atoms with E-state index in [-0.39, 0.29) is 18.1 Å². The standard InChI is InChI=1S/C19H24N6O2S/c1-2-25-18-14(10-23-25)17(24-12-4-3-5-13(26)8-12)15(9-21-18)19(27)22-11-16-20-6-7-28-16/h6-7,9-10,12-13,26H,2-5,8,11H2,1H3,(H,21,24)(H,22,27)/t12-,13-/m0/s1. The van der Waals surface area contributed by atoms with Crippen LogP contribution in [-0.4, -0.2) is 42.9 Å². The van der Waals surface area contributed by atoms with Crippen LogP contribution in [0.15, 0.2) is 24.0 Å². The molecule has 0 bridgehead atoms. The number of hydrogen-bond acceptors (Lipinski definition) is 7. The number of carbonyl (C=O) groups is 1. The second-order valence-corrected chi connectivity index (χ2v) is 7.99. The maximum atomic E-state index is 12.9. The molecule has 0 radical (unpaired) electrons. The molecule has 1 aliphatic rings. The summed E-state index contributed by atoms with van der Waals surface area (Å²) < 4.78 is 1.81. The maximum absolute atomic E-state index is 12.9. The second-order valence-electron chi connectivity index (χ2n) is 7.01. The van der Waals surface area contributed by atoms with Gasteiger partial charge in [-0.1, -0.05) is 0 Å². The number of rotatable bonds is 6. The highest BCUT2D eigenvalue weighted by Gasteiger charge is 2.24. The van der Waals surface area contributed by atoms with Crippen molar-refractivity contribution >= 4 is 34.0 Å². The molecule has 28 heavy (non-hydrogen) atoms. The van der Waals surface area contributed by atoms with Crippen LogP contribution in [-0.2, 0) is 13.1 Å². The summed E-state index contributed by atoms with van der Waals surface area (Å²) >= 11 is 1.50. The monoisotopic (exact) mass is 400 g/mol. The lowest BCUT2D eigenvalue weighted by molar-refractivity contribution is 0.0951. The molecule has 1 amide bonds. The van der Waals surface area contributed by atoms with Crippen molar-refractivity contribution in [2.75, 3.05) is 5.32 Å². The van der Waals surface area contributed by atoms with Crippen molar-refractivity contribution in [1.29, 1.82) is 0 Å². The van der Waals surface area contributed by atoms with Gasteiger partial charge in [-0.25, -0.2) is 14.6 Å². The Bertz CT molecular complexity index is 955. The molecule has 0 unspecified atom stereocenters. The van der Waals surface area contributed by atoms with Gasteiger partial charge in [-0.2, -0.15) is 5.10 Å². The number of aliphatic hydroxyl groups excluding tert-OH is 1. The molecule has 4 rings (SSSR count). The fourth-order valence-electron chi connectivity index (χ4n) is 3.68. The molecular weight excluding hydrogens is 376 g/mol. The van der Waals surface area contributed by atoms with Crippen molar-refractivity contribution in [3.05, 3.63) is 34.5 Å². The number of nitrogens with zero attached hydrogens (tertiary/aromatic N) is 4. The zero-order valence-electron chi connectivity index (χ0n) is 15.8. The van der Waals surface area contributed by atoms with E-state index < -0.39 is 0 Å². The Morgan fingerprint density at radius 3 is 3.00 bits per heavy atom. The van der Waals surface area contributed by atoms with E-state index in [4.69, 9.17) is 0 Å². The highest BCUT2D eigenvalue weighted by atomic mass is 32.1. The summed E-state index contributed by atoms with van der Waals surface area (Å²) in [6, 6.07) is 0.116. The smallest absolute Gasteiger partial charge is 0.255 e. The van der Waals surface area contributed by atoms with Crippen LogP contribution in [0.5, 0.6) is 0 Å². The Balaban J connectivity index is 1.65. The first-order chi connectivity index (χ1) is 13.7. The van der Waals surface area contributed by atoms with E-state index in [1.165, 1.54) is 11.3 Å². The van der Waals surface area contributed by atoms with Gasteiger partial charge in [0.05, 0.1) is 35.5 Å². The molecule has 3 aromatic heterocycles. The predicted molar refractivity (Wildman–Crippen MR) is 108 cm³/mol. The molecule has 0 saturated heterocycles. The summed E-state index contributed by atoms with van der Waals surface area (Å²) in [7, 11) is 0. The van der Waals surface area contributed by atoms with Gasteiger partial charge in [-0.3, -0.25) is 4.79 Å². The Kier molecular flexibility index (Phi) is 5.54. The minimum atomic E-state index is -0.302. The van der Waals surface area contributed by atoms with Gasteiger partial charge in [-0.05, 0) is 32.6 Å². The molecule has 8 nitrogen and oxygen atoms in total. The van der Waals surface area contributed by atoms with Crippen molar-refractivity contribution in [3.8, 4) is 0 Å². The number of pyridine rings is 1. The first-order valence-corrected chi connectivity index (χ1v) is 10.5. The maximum Gasteiger partial charge on any atom is 0.255 e. The van der Waals surface area contributed by atoms with Gasteiger partial charge in [0.15, 0.2) is 5.65 Å². The molecule has 3 aromatic rings. The van der Waals surface area contributed by atoms with Crippen molar-refractivity contribution < 1.29 is 9.90 Å². The highest BCUT2D eigenvalue weighted by Crippen LogP contribution is 2.30. The lowest BCUT2D eigenvalue weighted by atomic mass is 9.92. The number of nitrogens with one attached hydrogen (secondary N) is 2. The van der Waals surface area contributed by atoms with Gasteiger partial charge >= 0.3 is 0 Å². The number of fused-ring (bicyclic) bond motifs is 1. The van der Waals surface area contributed by atoms with Crippen LogP contribution in [0.2, 0.25) is 0 Å². The van der Waals surface area contributed by atoms with E-state index >= 15 is 0 Å². The normalized spacial score (nSPS) is 19.6. The van der Waals surface area contributed by atoms with Crippen LogP contribution < -0.4 is 10.6 Å². The van der Waals surface area contributed by atoms with E-state index in [1.807, 2.05) is 17.0 Å². The third kappa shape index (κ3) is 3.85. The van der Waals surface area contributed by atoms with Crippen LogP contribution in [0.3, 0.4) is 0 Å². The molecule has 9 heteroatoms. The Morgan fingerprint density at radius 1 is 1.36 bits per heavy atom. The summed E-state index contributed by atoms with van der Waals surface area (Å²) in [5.41, 5.74) is 1.97. The Labute approximate surface area is 167 Å². The van der Waals surface area contributed by atoms with Crippen LogP contribution in [0.25, 0.3) is 11.0 Å². The summed E-state index contributed by atoms with van der Waals surface area (Å²) in [5, 5.41) is 24.4. The summed E-state index contributed by atoms with van der Waals surface area (Å²) in [6.07, 6.45) is 8.21. The molecule has 3 N–H and O–H groups in total. The number of anilines is 1. The number of aliphatic hydroxyl groups is 1. The first-order valence-electron chi connectivity index (χ1n) is 9.61. The molecule has 1 fully saturated rings. The largest absolute Gasteiger partial charge is 0.393 e. The minimum Gasteiger partial charge on any atom is -0.393 e. The highest BCUT2D eigenvalue weighted by molar-refractivity contribution is 7.09. The molecule has 148 valence electrons. The van der Waals surface area contributed by atoms with Crippen LogP contribution in [0.4, 0.5) is 5.69 Å². The number of aryl methyl sites for hydroxylation is 1. The number of aromatic nitrogens is 4. The van der Waals surface area contributed by atoms with Gasteiger partial charge in [0, 0.05) is 30.4 Å². The van der Waals surface area contributed by atoms with Gasteiger partial charge in [-0.15, -0.1) is 11.3 Å². The van der Waals surface area contributed by atoms with Crippen molar-refractivity contribution in [3.63, 3.8) is 0 Å². The quantitative estimate of drug-likeness (QED) is 0.587. The van der Waals surface area contributed by atoms with Crippen LogP contribution in [0, 0.1) is 0 Å². The molecule has 0 spiro atoms. The third-order valence-electron chi connectivity index (χ3n) is 5.09. The summed E-state index contributed by atoms with van der Waals surface area (Å²) in [5.74, 6) is -0.201. The van der Waals surface area contributed by atoms with E-state index in [9.17, 15) is 9.90 Å². The van der Waals surface area contributed by atoms with Crippen molar-refractivity contribution in [1.82, 2.24) is 25.1 Å². The molecule has 1 aliphatic carbocycles. The molecule has 1 saturated carbocycles. The molecular formula is C19H24N6O2S. The third-order valence-corrected chi connectivity index (χ3v) is 5.87. The molecule has 0 aliphatic heterocycles. The zero-order valence-corrected chi connectivity index (χ0v) is 16.6. The lowest BCUT2D eigenvalue weighted by Crippen LogP contribution is -2.31. The van der Waals surface area contributed by atoms with E-state index in [0.29, 0.717) is 25.1 Å². The number of amides is 1. The van der Waals surface area contributed by atoms with Crippen LogP contribution in [0.1, 0.15) is 48.0 Å². The Hall–Kier alpha value is -2.52. The number of carbonyl (C=O) groups excluding carboxylic acids is 1. The number of hydrogen-bond donors (Lipinski definition) is 3. The Morgan fingerprint density at radius 2 is 2.25 bits per heavy atom. The molecule has 3 heterocycles. The summed E-state index contributed by atoms with van der Waals surface area (Å²) in [4.78, 5) is 21.6. The minimum absolute atomic E-state index is 0.116. The van der Waals surface area contributed by atoms with Gasteiger partial charge in [0.2, 0.25) is 0 Å². The van der Waals surface area contributed by atoms with Crippen molar-refractivity contribution in [2.24, 2.45) is 0 Å². The van der Waals surface area contributed by atoms with Crippen LogP contribution >= 0.6 is 11.3 Å². The van der Waals surface area contributed by atoms with Gasteiger partial charge < -0.3 is 15.7 Å². The second kappa shape index (κ2) is 8.24. The SMILES string of the molecule is CCn1ncc2c(N[C@H]3CCC[C@H](O)C3)c(C(=O)NCc3nccs3)cnc21. The fraction of sp³-hybridized carbons (Fsp3) is 0.474. The average Bonchev–Trinajstić information content (AvgIpc) is 3.36. The zero-order chi connectivity index (χ0) is 19.5. The predicted octanol–water partition coefficient (Wildman–Crippen LogP) is 2.55. The van der Waals surface area contributed by atoms with Gasteiger partial charge in [0.25, 0.3) is 5.91 Å². The van der Waals surface area contributed by atoms with Crippen molar-refractivity contribution in [2.45, 2.75) is 57.8 Å². The molecule has 0 aromatic carbocycles. The van der Waals surface area contributed by atoms with Gasteiger partial charge in [0.1, 0.15) is 5.01 Å². The first kappa shape index (κ1) is 18.8. The van der Waals surface area contributed by atoms with E-state index in [0.717, 1.165) is 41.0 Å². The fourth-order valence-corrected chi connectivity index (χ4v) is 4.23. The molecule has 2 atom stereocenters. The summed E-state index contributed by atoms with van der Waals surface area (Å²) in [6.45, 7) is 3.09. The lowest BCUT2D eigenvalue weighted by Gasteiger charge is -2.28. The average molecular weight is 401 g/mol. The number of thiazole rings is 1. The van der Waals surface area contributed by atoms with E-state index in [1.54, 1.807) is 18.6 Å². The topological polar surface area (TPSA) is 105 Å². The van der Waals surface area contributed by atoms with E-state index in [2.05, 4.69) is 25.7 Å².